The van der Waals surface area contributed by atoms with E-state index < -0.39 is 5.41 Å². The Labute approximate surface area is 257 Å². The van der Waals surface area contributed by atoms with Gasteiger partial charge in [0.2, 0.25) is 0 Å². The number of piperidine rings is 2. The van der Waals surface area contributed by atoms with Gasteiger partial charge < -0.3 is 14.5 Å². The number of rotatable bonds is 6. The average Bonchev–Trinajstić information content (AvgIpc) is 3.10. The van der Waals surface area contributed by atoms with E-state index in [2.05, 4.69) is 12.1 Å². The Morgan fingerprint density at radius 2 is 1.52 bits per heavy atom. The van der Waals surface area contributed by atoms with Crippen molar-refractivity contribution < 1.29 is 14.3 Å². The van der Waals surface area contributed by atoms with Crippen LogP contribution in [-0.4, -0.2) is 52.8 Å². The second-order valence-electron chi connectivity index (χ2n) is 11.5. The highest BCUT2D eigenvalue weighted by molar-refractivity contribution is 6.09. The molecule has 1 aromatic heterocycles. The van der Waals surface area contributed by atoms with Crippen LogP contribution in [0.15, 0.2) is 78.9 Å². The van der Waals surface area contributed by atoms with Crippen molar-refractivity contribution in [3.63, 3.8) is 0 Å². The van der Waals surface area contributed by atoms with Gasteiger partial charge >= 0.3 is 0 Å². The summed E-state index contributed by atoms with van der Waals surface area (Å²) in [6.07, 6.45) is 4.07. The Balaban J connectivity index is 1.27. The van der Waals surface area contributed by atoms with Crippen LogP contribution in [-0.2, 0) is 12.0 Å². The molecular formula is C36H33N5O3. The van der Waals surface area contributed by atoms with Gasteiger partial charge in [0.1, 0.15) is 18.1 Å². The predicted molar refractivity (Wildman–Crippen MR) is 166 cm³/mol. The van der Waals surface area contributed by atoms with Gasteiger partial charge in [0.25, 0.3) is 11.8 Å². The third kappa shape index (κ3) is 5.85. The molecule has 44 heavy (non-hydrogen) atoms. The minimum absolute atomic E-state index is 0.110. The summed E-state index contributed by atoms with van der Waals surface area (Å²) in [5.41, 5.74) is 3.08. The molecule has 6 rings (SSSR count). The lowest BCUT2D eigenvalue weighted by Gasteiger charge is -2.37. The number of carbonyl (C=O) groups excluding carboxylic acids is 2. The molecule has 2 amide bonds. The first-order chi connectivity index (χ1) is 21.5. The van der Waals surface area contributed by atoms with Crippen molar-refractivity contribution in [3.8, 4) is 17.9 Å². The van der Waals surface area contributed by atoms with E-state index in [4.69, 9.17) is 15.0 Å². The molecule has 0 atom stereocenters. The van der Waals surface area contributed by atoms with Gasteiger partial charge in [-0.1, -0.05) is 42.5 Å². The van der Waals surface area contributed by atoms with Gasteiger partial charge in [-0.15, -0.1) is 0 Å². The Hall–Kier alpha value is -5.21. The van der Waals surface area contributed by atoms with Gasteiger partial charge in [-0.3, -0.25) is 9.59 Å². The fourth-order valence-electron chi connectivity index (χ4n) is 6.17. The van der Waals surface area contributed by atoms with Crippen LogP contribution < -0.4 is 4.74 Å². The molecule has 8 heteroatoms. The second kappa shape index (κ2) is 12.6. The number of nitrogens with zero attached hydrogens (tertiary/aromatic N) is 5. The summed E-state index contributed by atoms with van der Waals surface area (Å²) < 4.78 is 6.06. The van der Waals surface area contributed by atoms with E-state index in [-0.39, 0.29) is 17.5 Å². The van der Waals surface area contributed by atoms with Crippen molar-refractivity contribution in [1.82, 2.24) is 14.8 Å². The highest BCUT2D eigenvalue weighted by atomic mass is 16.5. The number of aromatic nitrogens is 1. The first-order valence-electron chi connectivity index (χ1n) is 15.1. The largest absolute Gasteiger partial charge is 0.489 e. The summed E-state index contributed by atoms with van der Waals surface area (Å²) in [6.45, 7) is 2.53. The number of ether oxygens (including phenoxy) is 1. The van der Waals surface area contributed by atoms with Crippen LogP contribution in [0.3, 0.4) is 0 Å². The lowest BCUT2D eigenvalue weighted by molar-refractivity contribution is 0.0686. The lowest BCUT2D eigenvalue weighted by atomic mass is 9.74. The minimum atomic E-state index is -0.627. The van der Waals surface area contributed by atoms with Gasteiger partial charge in [-0.05, 0) is 79.6 Å². The maximum Gasteiger partial charge on any atom is 0.272 e. The maximum absolute atomic E-state index is 13.9. The number of pyridine rings is 1. The molecule has 0 N–H and O–H groups in total. The fourth-order valence-corrected chi connectivity index (χ4v) is 6.17. The standard InChI is InChI=1S/C36H33N5O3/c37-23-26-9-11-27(12-10-26)24-44-29-13-14-32-30(21-29)31(34(42)40-17-5-2-6-18-40)22-33(39-32)35(43)41-19-15-36(25-38,16-20-41)28-7-3-1-4-8-28/h1,3-4,7-14,21-22H,2,5-6,15-20,24H2. The molecule has 0 radical (unpaired) electrons. The third-order valence-electron chi connectivity index (χ3n) is 8.81. The summed E-state index contributed by atoms with van der Waals surface area (Å²) in [7, 11) is 0. The van der Waals surface area contributed by atoms with Crippen LogP contribution in [0, 0.1) is 22.7 Å². The van der Waals surface area contributed by atoms with Crippen LogP contribution in [0.4, 0.5) is 0 Å². The van der Waals surface area contributed by atoms with Gasteiger partial charge in [0, 0.05) is 31.6 Å². The van der Waals surface area contributed by atoms with Crippen molar-refractivity contribution in [2.45, 2.75) is 44.1 Å². The Morgan fingerprint density at radius 3 is 2.20 bits per heavy atom. The van der Waals surface area contributed by atoms with Crippen molar-refractivity contribution >= 4 is 22.7 Å². The summed E-state index contributed by atoms with van der Waals surface area (Å²) in [4.78, 5) is 36.0. The van der Waals surface area contributed by atoms with Crippen molar-refractivity contribution in [3.05, 3.63) is 107 Å². The zero-order valence-electron chi connectivity index (χ0n) is 24.5. The molecule has 3 heterocycles. The molecule has 2 fully saturated rings. The van der Waals surface area contributed by atoms with Crippen molar-refractivity contribution in [2.75, 3.05) is 26.2 Å². The van der Waals surface area contributed by atoms with Gasteiger partial charge in [-0.2, -0.15) is 10.5 Å². The number of benzene rings is 3. The Bertz CT molecular complexity index is 1760. The minimum Gasteiger partial charge on any atom is -0.489 e. The van der Waals surface area contributed by atoms with Crippen molar-refractivity contribution in [2.24, 2.45) is 0 Å². The molecule has 2 aliphatic rings. The number of amides is 2. The lowest BCUT2D eigenvalue weighted by Crippen LogP contribution is -2.45. The van der Waals surface area contributed by atoms with Crippen LogP contribution in [0.1, 0.15) is 69.6 Å². The molecule has 0 spiro atoms. The number of fused-ring (bicyclic) bond motifs is 1. The van der Waals surface area contributed by atoms with E-state index >= 15 is 0 Å². The van der Waals surface area contributed by atoms with Crippen LogP contribution in [0.2, 0.25) is 0 Å². The monoisotopic (exact) mass is 583 g/mol. The Kier molecular flexibility index (Phi) is 8.25. The molecular weight excluding hydrogens is 550 g/mol. The van der Waals surface area contributed by atoms with Crippen LogP contribution in [0.5, 0.6) is 5.75 Å². The van der Waals surface area contributed by atoms with Gasteiger partial charge in [0.05, 0.1) is 34.2 Å². The number of carbonyl (C=O) groups is 2. The normalized spacial score (nSPS) is 16.1. The molecule has 2 aliphatic heterocycles. The Morgan fingerprint density at radius 1 is 0.818 bits per heavy atom. The van der Waals surface area contributed by atoms with E-state index in [0.29, 0.717) is 73.4 Å². The molecule has 0 aliphatic carbocycles. The SMILES string of the molecule is N#Cc1ccc(COc2ccc3nc(C(=O)N4CCC(C#N)(c5ccccc5)CC4)cc(C(=O)N4CCCCC4)c3c2)cc1. The highest BCUT2D eigenvalue weighted by Crippen LogP contribution is 2.35. The number of hydrogen-bond acceptors (Lipinski definition) is 6. The van der Waals surface area contributed by atoms with E-state index in [1.165, 1.54) is 0 Å². The molecule has 220 valence electrons. The molecule has 0 saturated carbocycles. The second-order valence-corrected chi connectivity index (χ2v) is 11.5. The number of hydrogen-bond donors (Lipinski definition) is 0. The summed E-state index contributed by atoms with van der Waals surface area (Å²) >= 11 is 0. The van der Waals surface area contributed by atoms with Crippen LogP contribution in [0.25, 0.3) is 10.9 Å². The molecule has 0 unspecified atom stereocenters. The molecule has 3 aromatic carbocycles. The first kappa shape index (κ1) is 28.9. The molecule has 0 bridgehead atoms. The highest BCUT2D eigenvalue weighted by Gasteiger charge is 2.38. The first-order valence-corrected chi connectivity index (χ1v) is 15.1. The van der Waals surface area contributed by atoms with E-state index in [9.17, 15) is 14.9 Å². The van der Waals surface area contributed by atoms with E-state index in [0.717, 1.165) is 30.4 Å². The quantitative estimate of drug-likeness (QED) is 0.275. The zero-order valence-corrected chi connectivity index (χ0v) is 24.5. The average molecular weight is 584 g/mol. The number of likely N-dealkylation sites (tertiary alicyclic amines) is 2. The smallest absolute Gasteiger partial charge is 0.272 e. The topological polar surface area (TPSA) is 110 Å². The predicted octanol–water partition coefficient (Wildman–Crippen LogP) is 6.01. The summed E-state index contributed by atoms with van der Waals surface area (Å²) in [5, 5.41) is 19.8. The fraction of sp³-hybridized carbons (Fsp3) is 0.306. The summed E-state index contributed by atoms with van der Waals surface area (Å²) in [5.74, 6) is 0.238. The molecule has 8 nitrogen and oxygen atoms in total. The molecule has 2 saturated heterocycles. The third-order valence-corrected chi connectivity index (χ3v) is 8.81. The van der Waals surface area contributed by atoms with E-state index in [1.54, 1.807) is 35.2 Å². The molecule has 4 aromatic rings. The zero-order chi connectivity index (χ0) is 30.5. The van der Waals surface area contributed by atoms with Gasteiger partial charge in [-0.25, -0.2) is 4.98 Å². The van der Waals surface area contributed by atoms with Gasteiger partial charge in [0.15, 0.2) is 0 Å². The number of nitriles is 2. The van der Waals surface area contributed by atoms with E-state index in [1.807, 2.05) is 53.4 Å². The summed E-state index contributed by atoms with van der Waals surface area (Å²) in [6, 6.07) is 28.7. The van der Waals surface area contributed by atoms with Crippen molar-refractivity contribution in [1.29, 1.82) is 10.5 Å². The maximum atomic E-state index is 13.9. The van der Waals surface area contributed by atoms with Crippen LogP contribution >= 0.6 is 0 Å².